The van der Waals surface area contributed by atoms with Gasteiger partial charge in [-0.1, -0.05) is 6.42 Å². The molecule has 2 aliphatic carbocycles. The highest BCUT2D eigenvalue weighted by molar-refractivity contribution is 5.79. The molecule has 3 aliphatic rings. The predicted octanol–water partition coefficient (Wildman–Crippen LogP) is 0.525. The Bertz CT molecular complexity index is 312. The van der Waals surface area contributed by atoms with Crippen molar-refractivity contribution in [2.45, 2.75) is 25.7 Å². The summed E-state index contributed by atoms with van der Waals surface area (Å²) in [6.45, 7) is 5.52. The molecule has 3 atom stereocenters. The van der Waals surface area contributed by atoms with Crippen molar-refractivity contribution >= 4 is 5.91 Å². The highest BCUT2D eigenvalue weighted by atomic mass is 16.2. The first kappa shape index (κ1) is 12.4. The van der Waals surface area contributed by atoms with Gasteiger partial charge in [0.2, 0.25) is 5.91 Å². The third kappa shape index (κ3) is 2.28. The number of carbonyl (C=O) groups excluding carboxylic acids is 1. The zero-order chi connectivity index (χ0) is 12.5. The van der Waals surface area contributed by atoms with E-state index in [0.29, 0.717) is 17.7 Å². The Hall–Kier alpha value is -0.610. The van der Waals surface area contributed by atoms with E-state index in [2.05, 4.69) is 9.80 Å². The number of hydrogen-bond acceptors (Lipinski definition) is 3. The molecule has 0 aromatic rings. The maximum Gasteiger partial charge on any atom is 0.226 e. The van der Waals surface area contributed by atoms with E-state index in [1.165, 1.54) is 25.7 Å². The van der Waals surface area contributed by atoms with Crippen LogP contribution in [0.2, 0.25) is 0 Å². The van der Waals surface area contributed by atoms with Crippen molar-refractivity contribution in [2.24, 2.45) is 23.5 Å². The van der Waals surface area contributed by atoms with Crippen LogP contribution in [0, 0.1) is 17.8 Å². The van der Waals surface area contributed by atoms with Crippen LogP contribution in [0.1, 0.15) is 25.7 Å². The molecule has 4 heteroatoms. The van der Waals surface area contributed by atoms with Gasteiger partial charge in [-0.25, -0.2) is 0 Å². The van der Waals surface area contributed by atoms with Crippen molar-refractivity contribution in [1.29, 1.82) is 0 Å². The van der Waals surface area contributed by atoms with Crippen molar-refractivity contribution in [1.82, 2.24) is 9.80 Å². The highest BCUT2D eigenvalue weighted by Crippen LogP contribution is 2.48. The number of carbonyl (C=O) groups is 1. The first-order chi connectivity index (χ1) is 8.78. The molecule has 3 rings (SSSR count). The van der Waals surface area contributed by atoms with Crippen LogP contribution in [0.5, 0.6) is 0 Å². The van der Waals surface area contributed by atoms with E-state index < -0.39 is 0 Å². The maximum atomic E-state index is 12.5. The largest absolute Gasteiger partial charge is 0.340 e. The van der Waals surface area contributed by atoms with Gasteiger partial charge in [-0.05, 0) is 31.1 Å². The van der Waals surface area contributed by atoms with Crippen molar-refractivity contribution in [3.05, 3.63) is 0 Å². The van der Waals surface area contributed by atoms with Crippen molar-refractivity contribution in [3.8, 4) is 0 Å². The van der Waals surface area contributed by atoms with Gasteiger partial charge in [-0.15, -0.1) is 0 Å². The first-order valence-corrected chi connectivity index (χ1v) is 7.49. The van der Waals surface area contributed by atoms with Crippen molar-refractivity contribution in [3.63, 3.8) is 0 Å². The van der Waals surface area contributed by atoms with Gasteiger partial charge in [0.15, 0.2) is 0 Å². The third-order valence-electron chi connectivity index (χ3n) is 5.18. The molecule has 18 heavy (non-hydrogen) atoms. The van der Waals surface area contributed by atoms with Gasteiger partial charge < -0.3 is 10.6 Å². The zero-order valence-corrected chi connectivity index (χ0v) is 11.2. The van der Waals surface area contributed by atoms with Crippen LogP contribution in [-0.4, -0.2) is 55.0 Å². The SMILES string of the molecule is NCCN1CCN(C(=O)C2CC3CCC2C3)CC1. The average Bonchev–Trinajstić information content (AvgIpc) is 3.01. The maximum absolute atomic E-state index is 12.5. The Morgan fingerprint density at radius 3 is 2.44 bits per heavy atom. The topological polar surface area (TPSA) is 49.6 Å². The Labute approximate surface area is 109 Å². The summed E-state index contributed by atoms with van der Waals surface area (Å²) in [6, 6.07) is 0. The van der Waals surface area contributed by atoms with Gasteiger partial charge in [-0.3, -0.25) is 9.69 Å². The Kier molecular flexibility index (Phi) is 3.57. The molecule has 102 valence electrons. The molecule has 2 N–H and O–H groups in total. The minimum absolute atomic E-state index is 0.366. The first-order valence-electron chi connectivity index (χ1n) is 7.49. The molecule has 1 heterocycles. The van der Waals surface area contributed by atoms with E-state index >= 15 is 0 Å². The number of nitrogens with zero attached hydrogens (tertiary/aromatic N) is 2. The summed E-state index contributed by atoms with van der Waals surface area (Å²) >= 11 is 0. The van der Waals surface area contributed by atoms with Gasteiger partial charge in [-0.2, -0.15) is 0 Å². The molecule has 0 radical (unpaired) electrons. The zero-order valence-electron chi connectivity index (χ0n) is 11.2. The fourth-order valence-electron chi connectivity index (χ4n) is 4.16. The molecular formula is C14H25N3O. The van der Waals surface area contributed by atoms with E-state index in [1.807, 2.05) is 0 Å². The summed E-state index contributed by atoms with van der Waals surface area (Å²) in [7, 11) is 0. The number of hydrogen-bond donors (Lipinski definition) is 1. The van der Waals surface area contributed by atoms with E-state index in [9.17, 15) is 4.79 Å². The molecule has 2 saturated carbocycles. The Balaban J connectivity index is 1.52. The molecule has 0 aromatic carbocycles. The van der Waals surface area contributed by atoms with E-state index in [-0.39, 0.29) is 0 Å². The molecule has 1 amide bonds. The molecule has 0 spiro atoms. The number of nitrogens with two attached hydrogens (primary N) is 1. The van der Waals surface area contributed by atoms with Crippen LogP contribution in [0.3, 0.4) is 0 Å². The lowest BCUT2D eigenvalue weighted by atomic mass is 9.87. The fourth-order valence-corrected chi connectivity index (χ4v) is 4.16. The minimum atomic E-state index is 0.366. The van der Waals surface area contributed by atoms with E-state index in [1.54, 1.807) is 0 Å². The van der Waals surface area contributed by atoms with E-state index in [0.717, 1.165) is 45.2 Å². The van der Waals surface area contributed by atoms with E-state index in [4.69, 9.17) is 5.73 Å². The van der Waals surface area contributed by atoms with Crippen LogP contribution in [0.25, 0.3) is 0 Å². The Morgan fingerprint density at radius 1 is 1.11 bits per heavy atom. The molecule has 3 fully saturated rings. The molecular weight excluding hydrogens is 226 g/mol. The molecule has 0 aromatic heterocycles. The normalized spacial score (nSPS) is 36.3. The molecule has 1 saturated heterocycles. The van der Waals surface area contributed by atoms with Crippen molar-refractivity contribution in [2.75, 3.05) is 39.3 Å². The smallest absolute Gasteiger partial charge is 0.226 e. The summed E-state index contributed by atoms with van der Waals surface area (Å²) < 4.78 is 0. The van der Waals surface area contributed by atoms with Gasteiger partial charge >= 0.3 is 0 Å². The van der Waals surface area contributed by atoms with Crippen LogP contribution < -0.4 is 5.73 Å². The Morgan fingerprint density at radius 2 is 1.89 bits per heavy atom. The average molecular weight is 251 g/mol. The van der Waals surface area contributed by atoms with Gasteiger partial charge in [0.25, 0.3) is 0 Å². The summed E-state index contributed by atoms with van der Waals surface area (Å²) in [5.74, 6) is 2.39. The molecule has 2 bridgehead atoms. The summed E-state index contributed by atoms with van der Waals surface area (Å²) in [5.41, 5.74) is 5.57. The quantitative estimate of drug-likeness (QED) is 0.796. The van der Waals surface area contributed by atoms with Gasteiger partial charge in [0.05, 0.1) is 0 Å². The highest BCUT2D eigenvalue weighted by Gasteiger charge is 2.44. The number of piperazine rings is 1. The summed E-state index contributed by atoms with van der Waals surface area (Å²) in [6.07, 6.45) is 5.17. The fraction of sp³-hybridized carbons (Fsp3) is 0.929. The van der Waals surface area contributed by atoms with Gasteiger partial charge in [0, 0.05) is 45.2 Å². The van der Waals surface area contributed by atoms with Crippen LogP contribution in [-0.2, 0) is 4.79 Å². The number of fused-ring (bicyclic) bond motifs is 2. The lowest BCUT2D eigenvalue weighted by Crippen LogP contribution is -2.51. The molecule has 3 unspecified atom stereocenters. The van der Waals surface area contributed by atoms with Gasteiger partial charge in [0.1, 0.15) is 0 Å². The van der Waals surface area contributed by atoms with Crippen LogP contribution in [0.4, 0.5) is 0 Å². The summed E-state index contributed by atoms with van der Waals surface area (Å²) in [5, 5.41) is 0. The number of rotatable bonds is 3. The standard InChI is InChI=1S/C14H25N3O/c15-3-4-16-5-7-17(8-6-16)14(18)13-10-11-1-2-12(13)9-11/h11-13H,1-10,15H2. The predicted molar refractivity (Wildman–Crippen MR) is 71.0 cm³/mol. The lowest BCUT2D eigenvalue weighted by molar-refractivity contribution is -0.139. The molecule has 4 nitrogen and oxygen atoms in total. The second kappa shape index (κ2) is 5.17. The number of amides is 1. The van der Waals surface area contributed by atoms with Crippen LogP contribution in [0.15, 0.2) is 0 Å². The lowest BCUT2D eigenvalue weighted by Gasteiger charge is -2.37. The monoisotopic (exact) mass is 251 g/mol. The van der Waals surface area contributed by atoms with Crippen molar-refractivity contribution < 1.29 is 4.79 Å². The molecule has 1 aliphatic heterocycles. The second-order valence-electron chi connectivity index (χ2n) is 6.24. The second-order valence-corrected chi connectivity index (χ2v) is 6.24. The summed E-state index contributed by atoms with van der Waals surface area (Å²) in [4.78, 5) is 17.0. The van der Waals surface area contributed by atoms with Crippen LogP contribution >= 0.6 is 0 Å². The third-order valence-corrected chi connectivity index (χ3v) is 5.18. The minimum Gasteiger partial charge on any atom is -0.340 e.